The summed E-state index contributed by atoms with van der Waals surface area (Å²) in [5.41, 5.74) is 0. The SMILES string of the molecule is CNC(C)CCCCN(CC(F)(F)F)C(C)C. The fourth-order valence-electron chi connectivity index (χ4n) is 1.66. The van der Waals surface area contributed by atoms with E-state index in [1.807, 2.05) is 20.9 Å². The lowest BCUT2D eigenvalue weighted by molar-refractivity contribution is -0.149. The number of hydrogen-bond donors (Lipinski definition) is 1. The third-order valence-electron chi connectivity index (χ3n) is 2.94. The first kappa shape index (κ1) is 16.7. The first-order valence-electron chi connectivity index (χ1n) is 6.24. The molecule has 0 saturated heterocycles. The Morgan fingerprint density at radius 1 is 1.12 bits per heavy atom. The summed E-state index contributed by atoms with van der Waals surface area (Å²) < 4.78 is 36.9. The smallest absolute Gasteiger partial charge is 0.317 e. The molecule has 0 heterocycles. The molecule has 0 aromatic carbocycles. The Bertz CT molecular complexity index is 193. The second-order valence-corrected chi connectivity index (χ2v) is 4.86. The molecule has 0 fully saturated rings. The van der Waals surface area contributed by atoms with Crippen LogP contribution in [0.4, 0.5) is 13.2 Å². The van der Waals surface area contributed by atoms with Gasteiger partial charge in [-0.3, -0.25) is 4.90 Å². The van der Waals surface area contributed by atoms with Gasteiger partial charge in [-0.2, -0.15) is 13.2 Å². The number of nitrogens with zero attached hydrogens (tertiary/aromatic N) is 1. The number of rotatable bonds is 8. The lowest BCUT2D eigenvalue weighted by Gasteiger charge is -2.27. The van der Waals surface area contributed by atoms with E-state index in [0.717, 1.165) is 19.3 Å². The lowest BCUT2D eigenvalue weighted by Crippen LogP contribution is -2.39. The minimum absolute atomic E-state index is 0.0571. The van der Waals surface area contributed by atoms with Crippen LogP contribution in [0.25, 0.3) is 0 Å². The Hall–Kier alpha value is -0.290. The molecule has 0 aromatic heterocycles. The first-order chi connectivity index (χ1) is 7.76. The first-order valence-corrected chi connectivity index (χ1v) is 6.24. The van der Waals surface area contributed by atoms with E-state index in [9.17, 15) is 13.2 Å². The summed E-state index contributed by atoms with van der Waals surface area (Å²) in [4.78, 5) is 1.49. The lowest BCUT2D eigenvalue weighted by atomic mass is 10.1. The second-order valence-electron chi connectivity index (χ2n) is 4.86. The molecule has 104 valence electrons. The Balaban J connectivity index is 3.86. The molecule has 5 heteroatoms. The van der Waals surface area contributed by atoms with Crippen molar-refractivity contribution in [2.75, 3.05) is 20.1 Å². The molecule has 0 saturated carbocycles. The van der Waals surface area contributed by atoms with E-state index in [0.29, 0.717) is 12.6 Å². The van der Waals surface area contributed by atoms with Crippen molar-refractivity contribution >= 4 is 0 Å². The van der Waals surface area contributed by atoms with Gasteiger partial charge in [0.25, 0.3) is 0 Å². The zero-order valence-corrected chi connectivity index (χ0v) is 11.3. The number of alkyl halides is 3. The zero-order valence-electron chi connectivity index (χ0n) is 11.3. The van der Waals surface area contributed by atoms with Gasteiger partial charge in [0.2, 0.25) is 0 Å². The molecule has 0 amide bonds. The van der Waals surface area contributed by atoms with E-state index >= 15 is 0 Å². The van der Waals surface area contributed by atoms with Gasteiger partial charge in [0, 0.05) is 12.1 Å². The maximum atomic E-state index is 12.3. The number of unbranched alkanes of at least 4 members (excludes halogenated alkanes) is 1. The second kappa shape index (κ2) is 7.93. The normalized spacial score (nSPS) is 14.6. The maximum Gasteiger partial charge on any atom is 0.401 e. The van der Waals surface area contributed by atoms with Crippen molar-refractivity contribution in [3.8, 4) is 0 Å². The molecule has 2 nitrogen and oxygen atoms in total. The molecule has 17 heavy (non-hydrogen) atoms. The Labute approximate surface area is 103 Å². The highest BCUT2D eigenvalue weighted by molar-refractivity contribution is 4.68. The predicted octanol–water partition coefficient (Wildman–Crippen LogP) is 3.04. The largest absolute Gasteiger partial charge is 0.401 e. The molecule has 0 aromatic rings. The third-order valence-corrected chi connectivity index (χ3v) is 2.94. The Kier molecular flexibility index (Phi) is 7.79. The molecule has 1 N–H and O–H groups in total. The van der Waals surface area contributed by atoms with Crippen molar-refractivity contribution in [3.05, 3.63) is 0 Å². The Morgan fingerprint density at radius 3 is 2.12 bits per heavy atom. The van der Waals surface area contributed by atoms with Gasteiger partial charge in [0.05, 0.1) is 6.54 Å². The number of nitrogens with one attached hydrogen (secondary N) is 1. The minimum Gasteiger partial charge on any atom is -0.317 e. The molecule has 0 aliphatic rings. The quantitative estimate of drug-likeness (QED) is 0.670. The van der Waals surface area contributed by atoms with Crippen molar-refractivity contribution in [2.45, 2.75) is 58.3 Å². The molecule has 0 aliphatic heterocycles. The molecule has 1 atom stereocenters. The molecule has 0 radical (unpaired) electrons. The van der Waals surface area contributed by atoms with Crippen LogP contribution in [-0.2, 0) is 0 Å². The van der Waals surface area contributed by atoms with E-state index in [1.165, 1.54) is 4.90 Å². The van der Waals surface area contributed by atoms with Crippen LogP contribution in [0.3, 0.4) is 0 Å². The summed E-state index contributed by atoms with van der Waals surface area (Å²) in [7, 11) is 1.90. The van der Waals surface area contributed by atoms with Gasteiger partial charge < -0.3 is 5.32 Å². The van der Waals surface area contributed by atoms with Crippen molar-refractivity contribution in [1.29, 1.82) is 0 Å². The van der Waals surface area contributed by atoms with Gasteiger partial charge in [0.1, 0.15) is 0 Å². The van der Waals surface area contributed by atoms with Crippen molar-refractivity contribution in [1.82, 2.24) is 10.2 Å². The van der Waals surface area contributed by atoms with Crippen LogP contribution in [-0.4, -0.2) is 43.3 Å². The zero-order chi connectivity index (χ0) is 13.5. The standard InChI is InChI=1S/C12H25F3N2/c1-10(2)17(9-12(13,14)15)8-6-5-7-11(3)16-4/h10-11,16H,5-9H2,1-4H3. The molecule has 0 spiro atoms. The van der Waals surface area contributed by atoms with Gasteiger partial charge in [0.15, 0.2) is 0 Å². The summed E-state index contributed by atoms with van der Waals surface area (Å²) >= 11 is 0. The predicted molar refractivity (Wildman–Crippen MR) is 65.1 cm³/mol. The van der Waals surface area contributed by atoms with Crippen LogP contribution in [0.2, 0.25) is 0 Å². The topological polar surface area (TPSA) is 15.3 Å². The average Bonchev–Trinajstić information content (AvgIpc) is 2.20. The van der Waals surface area contributed by atoms with E-state index in [4.69, 9.17) is 0 Å². The molecule has 0 bridgehead atoms. The van der Waals surface area contributed by atoms with Crippen LogP contribution in [0.1, 0.15) is 40.0 Å². The van der Waals surface area contributed by atoms with E-state index < -0.39 is 12.7 Å². The maximum absolute atomic E-state index is 12.3. The van der Waals surface area contributed by atoms with Crippen molar-refractivity contribution in [3.63, 3.8) is 0 Å². The third kappa shape index (κ3) is 9.41. The summed E-state index contributed by atoms with van der Waals surface area (Å²) in [6, 6.07) is 0.378. The minimum atomic E-state index is -4.09. The van der Waals surface area contributed by atoms with Gasteiger partial charge in [-0.1, -0.05) is 6.42 Å². The fraction of sp³-hybridized carbons (Fsp3) is 1.00. The van der Waals surface area contributed by atoms with Crippen LogP contribution in [0.5, 0.6) is 0 Å². The Morgan fingerprint density at radius 2 is 1.71 bits per heavy atom. The van der Waals surface area contributed by atoms with Crippen molar-refractivity contribution in [2.24, 2.45) is 0 Å². The van der Waals surface area contributed by atoms with Gasteiger partial charge in [-0.25, -0.2) is 0 Å². The van der Waals surface area contributed by atoms with Crippen molar-refractivity contribution < 1.29 is 13.2 Å². The molecule has 0 aliphatic carbocycles. The highest BCUT2D eigenvalue weighted by atomic mass is 19.4. The average molecular weight is 254 g/mol. The highest BCUT2D eigenvalue weighted by Gasteiger charge is 2.31. The summed E-state index contributed by atoms with van der Waals surface area (Å²) in [6.07, 6.45) is -1.31. The van der Waals surface area contributed by atoms with Gasteiger partial charge >= 0.3 is 6.18 Å². The summed E-state index contributed by atoms with van der Waals surface area (Å²) in [6.45, 7) is 5.42. The van der Waals surface area contributed by atoms with E-state index in [2.05, 4.69) is 12.2 Å². The van der Waals surface area contributed by atoms with E-state index in [-0.39, 0.29) is 6.04 Å². The van der Waals surface area contributed by atoms with Crippen LogP contribution >= 0.6 is 0 Å². The number of hydrogen-bond acceptors (Lipinski definition) is 2. The molecule has 1 unspecified atom stereocenters. The van der Waals surface area contributed by atoms with Crippen LogP contribution in [0, 0.1) is 0 Å². The summed E-state index contributed by atoms with van der Waals surface area (Å²) in [5.74, 6) is 0. The van der Waals surface area contributed by atoms with E-state index in [1.54, 1.807) is 0 Å². The van der Waals surface area contributed by atoms with Crippen LogP contribution < -0.4 is 5.32 Å². The molecule has 0 rings (SSSR count). The fourth-order valence-corrected chi connectivity index (χ4v) is 1.66. The highest BCUT2D eigenvalue weighted by Crippen LogP contribution is 2.18. The van der Waals surface area contributed by atoms with Crippen LogP contribution in [0.15, 0.2) is 0 Å². The summed E-state index contributed by atoms with van der Waals surface area (Å²) in [5, 5.41) is 3.12. The van der Waals surface area contributed by atoms with Gasteiger partial charge in [-0.05, 0) is 47.2 Å². The monoisotopic (exact) mass is 254 g/mol. The molecular formula is C12H25F3N2. The molecular weight excluding hydrogens is 229 g/mol. The van der Waals surface area contributed by atoms with Gasteiger partial charge in [-0.15, -0.1) is 0 Å². The number of halogens is 3.